The Balaban J connectivity index is 2.36. The van der Waals surface area contributed by atoms with Crippen LogP contribution in [0.1, 0.15) is 41.0 Å². The molecule has 0 aliphatic heterocycles. The lowest BCUT2D eigenvalue weighted by Crippen LogP contribution is -2.39. The van der Waals surface area contributed by atoms with Crippen LogP contribution in [0.15, 0.2) is 0 Å². The van der Waals surface area contributed by atoms with Crippen LogP contribution < -0.4 is 4.72 Å². The number of hydrogen-bond acceptors (Lipinski definition) is 1. The van der Waals surface area contributed by atoms with Gasteiger partial charge in [-0.15, -0.1) is 0 Å². The van der Waals surface area contributed by atoms with E-state index in [4.69, 9.17) is 0 Å². The third-order valence-electron chi connectivity index (χ3n) is 2.66. The lowest BCUT2D eigenvalue weighted by molar-refractivity contribution is 0.547. The molecule has 0 radical (unpaired) electrons. The van der Waals surface area contributed by atoms with Gasteiger partial charge in [0.2, 0.25) is 0 Å². The van der Waals surface area contributed by atoms with Crippen LogP contribution in [0, 0.1) is 11.8 Å². The molecule has 13 heavy (non-hydrogen) atoms. The first-order valence-corrected chi connectivity index (χ1v) is 6.15. The first-order chi connectivity index (χ1) is 5.82. The monoisotopic (exact) mass is 203 g/mol. The van der Waals surface area contributed by atoms with Gasteiger partial charge in [0.15, 0.2) is 0 Å². The molecule has 2 nitrogen and oxygen atoms in total. The summed E-state index contributed by atoms with van der Waals surface area (Å²) in [5.41, 5.74) is 0. The number of rotatable bonds is 3. The van der Waals surface area contributed by atoms with Crippen molar-refractivity contribution in [1.29, 1.82) is 0 Å². The molecule has 1 saturated carbocycles. The molecule has 1 fully saturated rings. The summed E-state index contributed by atoms with van der Waals surface area (Å²) >= 11 is 0. The van der Waals surface area contributed by atoms with Crippen molar-refractivity contribution in [3.63, 3.8) is 0 Å². The van der Waals surface area contributed by atoms with E-state index in [1.165, 1.54) is 6.42 Å². The molecule has 1 rings (SSSR count). The zero-order valence-corrected chi connectivity index (χ0v) is 10.1. The standard InChI is InChI=1S/C10H21NOS/c1-7-6-9(7)8(2)11-13(12)10(3,4)5/h7-9,11H,6H2,1-5H3/t7?,8-,9?,13?/m0/s1. The average molecular weight is 203 g/mol. The minimum absolute atomic E-state index is 0.146. The molecule has 1 N–H and O–H groups in total. The SMILES string of the molecule is CC1CC1[C@H](C)NS(=O)C(C)(C)C. The number of nitrogens with one attached hydrogen (secondary N) is 1. The highest BCUT2D eigenvalue weighted by atomic mass is 32.2. The zero-order chi connectivity index (χ0) is 10.2. The van der Waals surface area contributed by atoms with Crippen molar-refractivity contribution >= 4 is 11.0 Å². The minimum atomic E-state index is -0.913. The van der Waals surface area contributed by atoms with Crippen molar-refractivity contribution in [2.75, 3.05) is 0 Å². The summed E-state index contributed by atoms with van der Waals surface area (Å²) in [7, 11) is -0.913. The average Bonchev–Trinajstić information content (AvgIpc) is 2.64. The van der Waals surface area contributed by atoms with E-state index >= 15 is 0 Å². The van der Waals surface area contributed by atoms with Gasteiger partial charge >= 0.3 is 0 Å². The Morgan fingerprint density at radius 1 is 1.46 bits per heavy atom. The highest BCUT2D eigenvalue weighted by molar-refractivity contribution is 7.84. The van der Waals surface area contributed by atoms with Crippen molar-refractivity contribution in [3.8, 4) is 0 Å². The van der Waals surface area contributed by atoms with Gasteiger partial charge in [-0.2, -0.15) is 0 Å². The summed E-state index contributed by atoms with van der Waals surface area (Å²) < 4.78 is 14.8. The van der Waals surface area contributed by atoms with Crippen molar-refractivity contribution in [1.82, 2.24) is 4.72 Å². The van der Waals surface area contributed by atoms with Gasteiger partial charge in [-0.1, -0.05) is 6.92 Å². The summed E-state index contributed by atoms with van der Waals surface area (Å²) in [4.78, 5) is 0. The van der Waals surface area contributed by atoms with Gasteiger partial charge in [-0.25, -0.2) is 8.93 Å². The first kappa shape index (κ1) is 11.2. The molecule has 0 bridgehead atoms. The third kappa shape index (κ3) is 3.06. The van der Waals surface area contributed by atoms with E-state index in [0.29, 0.717) is 6.04 Å². The second-order valence-electron chi connectivity index (χ2n) is 5.16. The fraction of sp³-hybridized carbons (Fsp3) is 1.00. The smallest absolute Gasteiger partial charge is 0.0972 e. The third-order valence-corrected chi connectivity index (χ3v) is 4.36. The highest BCUT2D eigenvalue weighted by Crippen LogP contribution is 2.40. The van der Waals surface area contributed by atoms with Gasteiger partial charge in [-0.3, -0.25) is 0 Å². The van der Waals surface area contributed by atoms with Crippen molar-refractivity contribution in [2.24, 2.45) is 11.8 Å². The Hall–Kier alpha value is 0.110. The van der Waals surface area contributed by atoms with Crippen LogP contribution in [0.25, 0.3) is 0 Å². The predicted octanol–water partition coefficient (Wildman–Crippen LogP) is 2.08. The van der Waals surface area contributed by atoms with Crippen LogP contribution in [0.3, 0.4) is 0 Å². The first-order valence-electron chi connectivity index (χ1n) is 5.00. The highest BCUT2D eigenvalue weighted by Gasteiger charge is 2.38. The summed E-state index contributed by atoms with van der Waals surface area (Å²) in [6.07, 6.45) is 1.29. The summed E-state index contributed by atoms with van der Waals surface area (Å²) in [5, 5.41) is 0. The topological polar surface area (TPSA) is 29.1 Å². The van der Waals surface area contributed by atoms with E-state index in [1.807, 2.05) is 20.8 Å². The van der Waals surface area contributed by atoms with E-state index in [1.54, 1.807) is 0 Å². The van der Waals surface area contributed by atoms with E-state index in [0.717, 1.165) is 11.8 Å². The Morgan fingerprint density at radius 3 is 2.23 bits per heavy atom. The Bertz CT molecular complexity index is 209. The van der Waals surface area contributed by atoms with Gasteiger partial charge < -0.3 is 0 Å². The van der Waals surface area contributed by atoms with Crippen molar-refractivity contribution < 1.29 is 4.21 Å². The van der Waals surface area contributed by atoms with Crippen LogP contribution in [0.5, 0.6) is 0 Å². The fourth-order valence-corrected chi connectivity index (χ4v) is 2.35. The van der Waals surface area contributed by atoms with Gasteiger partial charge in [0.05, 0.1) is 15.7 Å². The molecule has 0 aromatic carbocycles. The zero-order valence-electron chi connectivity index (χ0n) is 9.26. The van der Waals surface area contributed by atoms with Crippen LogP contribution in [-0.4, -0.2) is 15.0 Å². The van der Waals surface area contributed by atoms with Gasteiger partial charge in [0, 0.05) is 6.04 Å². The molecule has 4 atom stereocenters. The van der Waals surface area contributed by atoms with E-state index in [2.05, 4.69) is 18.6 Å². The summed E-state index contributed by atoms with van der Waals surface area (Å²) in [6, 6.07) is 0.398. The molecule has 1 aliphatic carbocycles. The Labute approximate surface area is 84.1 Å². The maximum atomic E-state index is 11.7. The van der Waals surface area contributed by atoms with Crippen LogP contribution in [0.4, 0.5) is 0 Å². The van der Waals surface area contributed by atoms with E-state index in [9.17, 15) is 4.21 Å². The molecule has 0 aromatic heterocycles. The predicted molar refractivity (Wildman–Crippen MR) is 57.8 cm³/mol. The molecule has 0 aromatic rings. The number of hydrogen-bond donors (Lipinski definition) is 1. The summed E-state index contributed by atoms with van der Waals surface area (Å²) in [5.74, 6) is 1.56. The van der Waals surface area contributed by atoms with E-state index in [-0.39, 0.29) is 4.75 Å². The van der Waals surface area contributed by atoms with Crippen molar-refractivity contribution in [3.05, 3.63) is 0 Å². The second kappa shape index (κ2) is 3.70. The maximum absolute atomic E-state index is 11.7. The van der Waals surface area contributed by atoms with Crippen LogP contribution in [-0.2, 0) is 11.0 Å². The largest absolute Gasteiger partial charge is 0.242 e. The van der Waals surface area contributed by atoms with Crippen LogP contribution in [0.2, 0.25) is 0 Å². The van der Waals surface area contributed by atoms with E-state index < -0.39 is 11.0 Å². The molecule has 0 heterocycles. The van der Waals surface area contributed by atoms with Gasteiger partial charge in [0.1, 0.15) is 0 Å². The lowest BCUT2D eigenvalue weighted by Gasteiger charge is -2.21. The molecule has 0 spiro atoms. The lowest BCUT2D eigenvalue weighted by atomic mass is 10.2. The Kier molecular flexibility index (Phi) is 3.18. The minimum Gasteiger partial charge on any atom is -0.242 e. The molecule has 1 aliphatic rings. The Morgan fingerprint density at radius 2 is 1.92 bits per heavy atom. The quantitative estimate of drug-likeness (QED) is 0.747. The molecular weight excluding hydrogens is 182 g/mol. The molecule has 3 heteroatoms. The molecular formula is C10H21NOS. The molecule has 3 unspecified atom stereocenters. The molecule has 78 valence electrons. The normalized spacial score (nSPS) is 32.7. The van der Waals surface area contributed by atoms with Gasteiger partial charge in [0.25, 0.3) is 0 Å². The maximum Gasteiger partial charge on any atom is 0.0972 e. The van der Waals surface area contributed by atoms with Gasteiger partial charge in [-0.05, 0) is 46.0 Å². The fourth-order valence-electron chi connectivity index (χ4n) is 1.48. The molecule has 0 amide bonds. The summed E-state index contributed by atoms with van der Waals surface area (Å²) in [6.45, 7) is 10.4. The molecule has 0 saturated heterocycles. The second-order valence-corrected chi connectivity index (χ2v) is 7.16. The van der Waals surface area contributed by atoms with Crippen LogP contribution >= 0.6 is 0 Å². The van der Waals surface area contributed by atoms with Crippen molar-refractivity contribution in [2.45, 2.75) is 51.8 Å².